The summed E-state index contributed by atoms with van der Waals surface area (Å²) < 4.78 is 0. The topological polar surface area (TPSA) is 92.5 Å². The molecule has 2 N–H and O–H groups in total. The van der Waals surface area contributed by atoms with E-state index < -0.39 is 12.0 Å². The van der Waals surface area contributed by atoms with Crippen LogP contribution in [0.3, 0.4) is 0 Å². The zero-order chi connectivity index (χ0) is 16.9. The van der Waals surface area contributed by atoms with E-state index in [4.69, 9.17) is 0 Å². The largest absolute Gasteiger partial charge is 0.480 e. The minimum Gasteiger partial charge on any atom is -0.480 e. The van der Waals surface area contributed by atoms with Gasteiger partial charge in [0.25, 0.3) is 5.69 Å². The SMILES string of the molecule is CC(C)CC(NCc1ccc(C(C)C)c([N+](=O)[O-])c1)C(=O)O. The maximum absolute atomic E-state index is 11.2. The van der Waals surface area contributed by atoms with Crippen LogP contribution >= 0.6 is 0 Å². The highest BCUT2D eigenvalue weighted by molar-refractivity contribution is 5.73. The van der Waals surface area contributed by atoms with Gasteiger partial charge >= 0.3 is 5.97 Å². The highest BCUT2D eigenvalue weighted by atomic mass is 16.6. The molecule has 0 aliphatic rings. The Bertz CT molecular complexity index is 541. The molecule has 0 fully saturated rings. The molecule has 0 aromatic heterocycles. The smallest absolute Gasteiger partial charge is 0.320 e. The summed E-state index contributed by atoms with van der Waals surface area (Å²) in [5.41, 5.74) is 1.49. The molecule has 6 heteroatoms. The Kier molecular flexibility index (Phi) is 6.49. The maximum Gasteiger partial charge on any atom is 0.320 e. The van der Waals surface area contributed by atoms with Crippen molar-refractivity contribution in [1.82, 2.24) is 5.32 Å². The number of carbonyl (C=O) groups is 1. The molecular formula is C16H24N2O4. The van der Waals surface area contributed by atoms with Crippen LogP contribution in [0.4, 0.5) is 5.69 Å². The fraction of sp³-hybridized carbons (Fsp3) is 0.562. The molecule has 0 spiro atoms. The second-order valence-corrected chi connectivity index (χ2v) is 6.21. The number of nitrogens with one attached hydrogen (secondary N) is 1. The van der Waals surface area contributed by atoms with Crippen molar-refractivity contribution in [3.63, 3.8) is 0 Å². The number of nitrogens with zero attached hydrogens (tertiary/aromatic N) is 1. The predicted molar refractivity (Wildman–Crippen MR) is 84.9 cm³/mol. The first kappa shape index (κ1) is 18.1. The van der Waals surface area contributed by atoms with Gasteiger partial charge in [-0.25, -0.2) is 0 Å². The summed E-state index contributed by atoms with van der Waals surface area (Å²) in [5, 5.41) is 23.3. The second-order valence-electron chi connectivity index (χ2n) is 6.21. The number of carboxylic acids is 1. The normalized spacial score (nSPS) is 12.6. The van der Waals surface area contributed by atoms with E-state index in [0.717, 1.165) is 0 Å². The van der Waals surface area contributed by atoms with Crippen LogP contribution < -0.4 is 5.32 Å². The number of hydrogen-bond acceptors (Lipinski definition) is 4. The maximum atomic E-state index is 11.2. The molecule has 1 aromatic rings. The monoisotopic (exact) mass is 308 g/mol. The van der Waals surface area contributed by atoms with Gasteiger partial charge in [0.2, 0.25) is 0 Å². The summed E-state index contributed by atoms with van der Waals surface area (Å²) in [6.07, 6.45) is 0.515. The van der Waals surface area contributed by atoms with E-state index in [1.165, 1.54) is 6.07 Å². The van der Waals surface area contributed by atoms with Crippen LogP contribution in [-0.2, 0) is 11.3 Å². The molecule has 0 saturated heterocycles. The van der Waals surface area contributed by atoms with Crippen LogP contribution in [0.25, 0.3) is 0 Å². The van der Waals surface area contributed by atoms with Crippen molar-refractivity contribution in [2.24, 2.45) is 5.92 Å². The van der Waals surface area contributed by atoms with Crippen molar-refractivity contribution in [3.8, 4) is 0 Å². The fourth-order valence-corrected chi connectivity index (χ4v) is 2.33. The van der Waals surface area contributed by atoms with Crippen LogP contribution in [0.15, 0.2) is 18.2 Å². The minimum absolute atomic E-state index is 0.0649. The summed E-state index contributed by atoms with van der Waals surface area (Å²) in [6.45, 7) is 8.02. The van der Waals surface area contributed by atoms with Gasteiger partial charge in [-0.05, 0) is 23.8 Å². The Morgan fingerprint density at radius 1 is 1.32 bits per heavy atom. The molecule has 1 atom stereocenters. The van der Waals surface area contributed by atoms with Crippen molar-refractivity contribution >= 4 is 11.7 Å². The molecule has 0 heterocycles. The lowest BCUT2D eigenvalue weighted by Gasteiger charge is -2.17. The summed E-state index contributed by atoms with van der Waals surface area (Å²) in [5.74, 6) is -0.580. The van der Waals surface area contributed by atoms with Gasteiger partial charge in [-0.15, -0.1) is 0 Å². The number of hydrogen-bond donors (Lipinski definition) is 2. The number of nitro benzene ring substituents is 1. The van der Waals surface area contributed by atoms with Gasteiger partial charge in [-0.1, -0.05) is 39.8 Å². The zero-order valence-corrected chi connectivity index (χ0v) is 13.5. The summed E-state index contributed by atoms with van der Waals surface area (Å²) >= 11 is 0. The summed E-state index contributed by atoms with van der Waals surface area (Å²) in [6, 6.07) is 4.43. The standard InChI is InChI=1S/C16H24N2O4/c1-10(2)7-14(16(19)20)17-9-12-5-6-13(11(3)4)15(8-12)18(21)22/h5-6,8,10-11,14,17H,7,9H2,1-4H3,(H,19,20). The Morgan fingerprint density at radius 2 is 1.95 bits per heavy atom. The first-order valence-corrected chi connectivity index (χ1v) is 7.45. The number of rotatable bonds is 8. The summed E-state index contributed by atoms with van der Waals surface area (Å²) in [7, 11) is 0. The molecule has 6 nitrogen and oxygen atoms in total. The van der Waals surface area contributed by atoms with E-state index in [1.54, 1.807) is 6.07 Å². The molecule has 0 aliphatic heterocycles. The third-order valence-corrected chi connectivity index (χ3v) is 3.47. The van der Waals surface area contributed by atoms with E-state index >= 15 is 0 Å². The molecule has 122 valence electrons. The van der Waals surface area contributed by atoms with Gasteiger partial charge in [0.15, 0.2) is 0 Å². The Balaban J connectivity index is 2.87. The lowest BCUT2D eigenvalue weighted by Crippen LogP contribution is -2.37. The van der Waals surface area contributed by atoms with Crippen molar-refractivity contribution in [2.45, 2.75) is 52.6 Å². The average molecular weight is 308 g/mol. The highest BCUT2D eigenvalue weighted by Crippen LogP contribution is 2.27. The van der Waals surface area contributed by atoms with Crippen LogP contribution in [0.1, 0.15) is 51.2 Å². The van der Waals surface area contributed by atoms with Crippen molar-refractivity contribution in [1.29, 1.82) is 0 Å². The Morgan fingerprint density at radius 3 is 2.41 bits per heavy atom. The van der Waals surface area contributed by atoms with Crippen molar-refractivity contribution in [2.75, 3.05) is 0 Å². The lowest BCUT2D eigenvalue weighted by molar-refractivity contribution is -0.385. The molecule has 0 saturated carbocycles. The first-order valence-electron chi connectivity index (χ1n) is 7.45. The van der Waals surface area contributed by atoms with E-state index in [1.807, 2.05) is 33.8 Å². The molecule has 1 rings (SSSR count). The predicted octanol–water partition coefficient (Wildman–Crippen LogP) is 3.31. The van der Waals surface area contributed by atoms with E-state index in [-0.39, 0.29) is 22.4 Å². The van der Waals surface area contributed by atoms with E-state index in [2.05, 4.69) is 5.32 Å². The zero-order valence-electron chi connectivity index (χ0n) is 13.5. The molecule has 0 amide bonds. The molecule has 0 radical (unpaired) electrons. The molecule has 22 heavy (non-hydrogen) atoms. The van der Waals surface area contributed by atoms with E-state index in [9.17, 15) is 20.0 Å². The minimum atomic E-state index is -0.901. The highest BCUT2D eigenvalue weighted by Gasteiger charge is 2.20. The third-order valence-electron chi connectivity index (χ3n) is 3.47. The van der Waals surface area contributed by atoms with E-state index in [0.29, 0.717) is 24.1 Å². The fourth-order valence-electron chi connectivity index (χ4n) is 2.33. The number of aliphatic carboxylic acids is 1. The Labute approximate surface area is 130 Å². The second kappa shape index (κ2) is 7.89. The quantitative estimate of drug-likeness (QED) is 0.568. The van der Waals surface area contributed by atoms with Gasteiger partial charge in [0, 0.05) is 18.2 Å². The average Bonchev–Trinajstić information content (AvgIpc) is 2.42. The van der Waals surface area contributed by atoms with Gasteiger partial charge in [-0.2, -0.15) is 0 Å². The third kappa shape index (κ3) is 5.11. The molecular weight excluding hydrogens is 284 g/mol. The van der Waals surface area contributed by atoms with Gasteiger partial charge in [0.1, 0.15) is 6.04 Å². The molecule has 0 bridgehead atoms. The van der Waals surface area contributed by atoms with Gasteiger partial charge < -0.3 is 10.4 Å². The van der Waals surface area contributed by atoms with Crippen LogP contribution in [0.2, 0.25) is 0 Å². The number of carboxylic acid groups (broad SMARTS) is 1. The van der Waals surface area contributed by atoms with Crippen LogP contribution in [0.5, 0.6) is 0 Å². The Hall–Kier alpha value is -1.95. The van der Waals surface area contributed by atoms with Gasteiger partial charge in [-0.3, -0.25) is 14.9 Å². The molecule has 0 aliphatic carbocycles. The van der Waals surface area contributed by atoms with Crippen LogP contribution in [0, 0.1) is 16.0 Å². The first-order chi connectivity index (χ1) is 10.2. The number of nitro groups is 1. The van der Waals surface area contributed by atoms with Gasteiger partial charge in [0.05, 0.1) is 4.92 Å². The van der Waals surface area contributed by atoms with Crippen LogP contribution in [-0.4, -0.2) is 22.0 Å². The van der Waals surface area contributed by atoms with Crippen molar-refractivity contribution < 1.29 is 14.8 Å². The summed E-state index contributed by atoms with van der Waals surface area (Å²) in [4.78, 5) is 22.0. The lowest BCUT2D eigenvalue weighted by atomic mass is 9.99. The van der Waals surface area contributed by atoms with Crippen molar-refractivity contribution in [3.05, 3.63) is 39.4 Å². The number of benzene rings is 1. The molecule has 1 aromatic carbocycles. The molecule has 1 unspecified atom stereocenters.